The predicted octanol–water partition coefficient (Wildman–Crippen LogP) is 2.59. The maximum Gasteiger partial charge on any atom is 0.254 e. The molecule has 1 aromatic rings. The average Bonchev–Trinajstić information content (AvgIpc) is 2.73. The third kappa shape index (κ3) is 4.54. The number of hydrogen-bond acceptors (Lipinski definition) is 3. The van der Waals surface area contributed by atoms with Gasteiger partial charge in [0.25, 0.3) is 5.91 Å². The van der Waals surface area contributed by atoms with Gasteiger partial charge in [-0.15, -0.1) is 0 Å². The van der Waals surface area contributed by atoms with Crippen LogP contribution >= 0.6 is 0 Å². The maximum absolute atomic E-state index is 12.9. The molecular weight excluding hydrogens is 354 g/mol. The number of nitrogens with zero attached hydrogens (tertiary/aromatic N) is 2. The molecule has 0 radical (unpaired) electrons. The first-order chi connectivity index (χ1) is 13.5. The van der Waals surface area contributed by atoms with Crippen LogP contribution in [0.25, 0.3) is 0 Å². The van der Waals surface area contributed by atoms with Crippen molar-refractivity contribution in [2.24, 2.45) is 0 Å². The second kappa shape index (κ2) is 9.22. The fourth-order valence-corrected chi connectivity index (χ4v) is 4.24. The monoisotopic (exact) mass is 385 g/mol. The molecule has 6 nitrogen and oxygen atoms in total. The minimum Gasteiger partial charge on any atom is -0.343 e. The number of nitrogens with one attached hydrogen (secondary N) is 1. The summed E-state index contributed by atoms with van der Waals surface area (Å²) in [5.41, 5.74) is 0.591. The molecule has 2 heterocycles. The van der Waals surface area contributed by atoms with Gasteiger partial charge in [0.15, 0.2) is 0 Å². The second-order valence-electron chi connectivity index (χ2n) is 7.98. The SMILES string of the molecule is CC(NC(=O)C1CCCCN1C(=O)c1ccccc1)C(=O)N1CCCCC1C. The molecule has 3 unspecified atom stereocenters. The zero-order valence-corrected chi connectivity index (χ0v) is 16.9. The highest BCUT2D eigenvalue weighted by molar-refractivity contribution is 5.98. The van der Waals surface area contributed by atoms with Gasteiger partial charge in [-0.05, 0) is 64.5 Å². The lowest BCUT2D eigenvalue weighted by Gasteiger charge is -2.37. The van der Waals surface area contributed by atoms with E-state index in [2.05, 4.69) is 12.2 Å². The molecule has 2 aliphatic heterocycles. The predicted molar refractivity (Wildman–Crippen MR) is 108 cm³/mol. The molecule has 0 spiro atoms. The summed E-state index contributed by atoms with van der Waals surface area (Å²) in [5, 5.41) is 2.88. The summed E-state index contributed by atoms with van der Waals surface area (Å²) in [6.07, 6.45) is 5.59. The Morgan fingerprint density at radius 1 is 0.964 bits per heavy atom. The first-order valence-corrected chi connectivity index (χ1v) is 10.5. The van der Waals surface area contributed by atoms with Crippen LogP contribution in [0.4, 0.5) is 0 Å². The molecule has 0 aromatic heterocycles. The summed E-state index contributed by atoms with van der Waals surface area (Å²) < 4.78 is 0. The van der Waals surface area contributed by atoms with Crippen molar-refractivity contribution in [3.8, 4) is 0 Å². The topological polar surface area (TPSA) is 69.7 Å². The highest BCUT2D eigenvalue weighted by atomic mass is 16.2. The van der Waals surface area contributed by atoms with Gasteiger partial charge in [-0.1, -0.05) is 18.2 Å². The van der Waals surface area contributed by atoms with E-state index in [0.717, 1.165) is 38.6 Å². The summed E-state index contributed by atoms with van der Waals surface area (Å²) in [6, 6.07) is 8.18. The van der Waals surface area contributed by atoms with Crippen molar-refractivity contribution in [3.63, 3.8) is 0 Å². The van der Waals surface area contributed by atoms with Crippen molar-refractivity contribution in [2.45, 2.75) is 70.5 Å². The van der Waals surface area contributed by atoms with Gasteiger partial charge in [0.05, 0.1) is 0 Å². The lowest BCUT2D eigenvalue weighted by atomic mass is 9.99. The van der Waals surface area contributed by atoms with Crippen LogP contribution in [-0.4, -0.2) is 58.7 Å². The van der Waals surface area contributed by atoms with E-state index in [1.165, 1.54) is 0 Å². The third-order valence-corrected chi connectivity index (χ3v) is 5.90. The van der Waals surface area contributed by atoms with Crippen molar-refractivity contribution in [1.82, 2.24) is 15.1 Å². The first-order valence-electron chi connectivity index (χ1n) is 10.5. The van der Waals surface area contributed by atoms with Crippen molar-refractivity contribution < 1.29 is 14.4 Å². The summed E-state index contributed by atoms with van der Waals surface area (Å²) in [5.74, 6) is -0.379. The normalized spacial score (nSPS) is 23.8. The van der Waals surface area contributed by atoms with Gasteiger partial charge in [0.2, 0.25) is 11.8 Å². The summed E-state index contributed by atoms with van der Waals surface area (Å²) in [7, 11) is 0. The molecule has 0 aliphatic carbocycles. The molecule has 28 heavy (non-hydrogen) atoms. The summed E-state index contributed by atoms with van der Waals surface area (Å²) >= 11 is 0. The lowest BCUT2D eigenvalue weighted by molar-refractivity contribution is -0.139. The largest absolute Gasteiger partial charge is 0.343 e. The van der Waals surface area contributed by atoms with Crippen molar-refractivity contribution in [2.75, 3.05) is 13.1 Å². The smallest absolute Gasteiger partial charge is 0.254 e. The fraction of sp³-hybridized carbons (Fsp3) is 0.591. The molecule has 2 fully saturated rings. The van der Waals surface area contributed by atoms with Crippen LogP contribution in [0.2, 0.25) is 0 Å². The molecule has 2 aliphatic rings. The van der Waals surface area contributed by atoms with Gasteiger partial charge in [0.1, 0.15) is 12.1 Å². The molecule has 1 aromatic carbocycles. The molecule has 1 N–H and O–H groups in total. The van der Waals surface area contributed by atoms with Gasteiger partial charge in [-0.2, -0.15) is 0 Å². The van der Waals surface area contributed by atoms with Crippen LogP contribution in [-0.2, 0) is 9.59 Å². The minimum atomic E-state index is -0.580. The van der Waals surface area contributed by atoms with E-state index in [9.17, 15) is 14.4 Å². The van der Waals surface area contributed by atoms with Crippen LogP contribution in [0.1, 0.15) is 62.7 Å². The Labute approximate surface area is 167 Å². The molecule has 3 amide bonds. The maximum atomic E-state index is 12.9. The number of hydrogen-bond donors (Lipinski definition) is 1. The fourth-order valence-electron chi connectivity index (χ4n) is 4.24. The number of amides is 3. The molecule has 2 saturated heterocycles. The van der Waals surface area contributed by atoms with Crippen LogP contribution in [0.15, 0.2) is 30.3 Å². The standard InChI is InChI=1S/C22H31N3O3/c1-16-10-6-8-14-24(16)21(27)17(2)23-20(26)19-13-7-9-15-25(19)22(28)18-11-4-3-5-12-18/h3-5,11-12,16-17,19H,6-10,13-15H2,1-2H3,(H,23,26). The molecule has 0 bridgehead atoms. The van der Waals surface area contributed by atoms with Gasteiger partial charge in [0, 0.05) is 24.7 Å². The van der Waals surface area contributed by atoms with Crippen LogP contribution in [0, 0.1) is 0 Å². The van der Waals surface area contributed by atoms with E-state index >= 15 is 0 Å². The van der Waals surface area contributed by atoms with E-state index in [0.29, 0.717) is 18.5 Å². The lowest BCUT2D eigenvalue weighted by Crippen LogP contribution is -2.57. The van der Waals surface area contributed by atoms with Gasteiger partial charge in [-0.25, -0.2) is 0 Å². The Morgan fingerprint density at radius 3 is 2.29 bits per heavy atom. The average molecular weight is 386 g/mol. The van der Waals surface area contributed by atoms with Crippen molar-refractivity contribution in [3.05, 3.63) is 35.9 Å². The summed E-state index contributed by atoms with van der Waals surface area (Å²) in [6.45, 7) is 5.13. The van der Waals surface area contributed by atoms with E-state index in [1.807, 2.05) is 23.1 Å². The number of benzene rings is 1. The Bertz CT molecular complexity index is 706. The molecule has 152 valence electrons. The quantitative estimate of drug-likeness (QED) is 0.866. The number of likely N-dealkylation sites (tertiary alicyclic amines) is 2. The highest BCUT2D eigenvalue weighted by Gasteiger charge is 2.35. The molecule has 3 atom stereocenters. The number of piperidine rings is 2. The van der Waals surface area contributed by atoms with Gasteiger partial charge < -0.3 is 15.1 Å². The number of carbonyl (C=O) groups is 3. The zero-order chi connectivity index (χ0) is 20.1. The minimum absolute atomic E-state index is 0.0303. The third-order valence-electron chi connectivity index (χ3n) is 5.90. The Balaban J connectivity index is 1.65. The van der Waals surface area contributed by atoms with Crippen LogP contribution < -0.4 is 5.32 Å². The highest BCUT2D eigenvalue weighted by Crippen LogP contribution is 2.21. The van der Waals surface area contributed by atoms with E-state index in [4.69, 9.17) is 0 Å². The summed E-state index contributed by atoms with van der Waals surface area (Å²) in [4.78, 5) is 42.2. The first kappa shape index (κ1) is 20.4. The molecule has 3 rings (SSSR count). The number of carbonyl (C=O) groups excluding carboxylic acids is 3. The second-order valence-corrected chi connectivity index (χ2v) is 7.98. The van der Waals surface area contributed by atoms with Crippen molar-refractivity contribution in [1.29, 1.82) is 0 Å². The van der Waals surface area contributed by atoms with E-state index in [1.54, 1.807) is 24.0 Å². The Kier molecular flexibility index (Phi) is 6.70. The van der Waals surface area contributed by atoms with Crippen LogP contribution in [0.3, 0.4) is 0 Å². The van der Waals surface area contributed by atoms with Gasteiger partial charge in [-0.3, -0.25) is 14.4 Å². The zero-order valence-electron chi connectivity index (χ0n) is 16.9. The molecule has 0 saturated carbocycles. The van der Waals surface area contributed by atoms with Crippen molar-refractivity contribution >= 4 is 17.7 Å². The van der Waals surface area contributed by atoms with Crippen LogP contribution in [0.5, 0.6) is 0 Å². The molecule has 6 heteroatoms. The Morgan fingerprint density at radius 2 is 1.61 bits per heavy atom. The van der Waals surface area contributed by atoms with E-state index < -0.39 is 12.1 Å². The van der Waals surface area contributed by atoms with E-state index in [-0.39, 0.29) is 23.8 Å². The number of rotatable bonds is 4. The van der Waals surface area contributed by atoms with Gasteiger partial charge >= 0.3 is 0 Å². The molecular formula is C22H31N3O3. The Hall–Kier alpha value is -2.37.